The van der Waals surface area contributed by atoms with E-state index in [4.69, 9.17) is 5.11 Å². The van der Waals surface area contributed by atoms with E-state index >= 15 is 0 Å². The van der Waals surface area contributed by atoms with E-state index in [1.54, 1.807) is 0 Å². The number of nitrogens with one attached hydrogen (secondary N) is 1. The molecule has 0 aromatic carbocycles. The number of hydrogen-bond acceptors (Lipinski definition) is 2. The van der Waals surface area contributed by atoms with Gasteiger partial charge >= 0.3 is 5.97 Å². The fourth-order valence-electron chi connectivity index (χ4n) is 0.792. The Morgan fingerprint density at radius 2 is 2.56 bits per heavy atom. The molecule has 1 radical (unpaired) electrons. The topological polar surface area (TPSA) is 63.4 Å². The van der Waals surface area contributed by atoms with Crippen molar-refractivity contribution >= 4 is 5.97 Å². The number of carboxylic acid groups (broad SMARTS) is 1. The van der Waals surface area contributed by atoms with Crippen molar-refractivity contribution in [2.75, 3.05) is 6.54 Å². The molecule has 0 aliphatic carbocycles. The summed E-state index contributed by atoms with van der Waals surface area (Å²) < 4.78 is 0. The summed E-state index contributed by atoms with van der Waals surface area (Å²) in [5.41, 5.74) is 6.34. The number of carbonyl (C=O) groups is 1. The van der Waals surface area contributed by atoms with Crippen molar-refractivity contribution in [2.45, 2.75) is 18.9 Å². The SMILES string of the molecule is O=C(O)C1CCCN[N]1. The smallest absolute Gasteiger partial charge is 0.323 e. The van der Waals surface area contributed by atoms with Gasteiger partial charge in [-0.25, -0.2) is 5.43 Å². The lowest BCUT2D eigenvalue weighted by atomic mass is 10.1. The lowest BCUT2D eigenvalue weighted by Crippen LogP contribution is -2.44. The molecule has 0 spiro atoms. The van der Waals surface area contributed by atoms with Gasteiger partial charge in [0.25, 0.3) is 0 Å². The third kappa shape index (κ3) is 1.65. The molecular formula is C5H9N2O2. The number of carboxylic acids is 1. The first-order valence-corrected chi connectivity index (χ1v) is 2.96. The molecule has 1 unspecified atom stereocenters. The number of hydrogen-bond donors (Lipinski definition) is 2. The molecule has 0 bridgehead atoms. The Morgan fingerprint density at radius 1 is 1.78 bits per heavy atom. The van der Waals surface area contributed by atoms with Gasteiger partial charge in [0.15, 0.2) is 0 Å². The molecule has 1 rings (SSSR count). The molecule has 0 saturated carbocycles. The fourth-order valence-corrected chi connectivity index (χ4v) is 0.792. The van der Waals surface area contributed by atoms with Crippen LogP contribution >= 0.6 is 0 Å². The number of aliphatic carboxylic acids is 1. The van der Waals surface area contributed by atoms with E-state index in [9.17, 15) is 4.79 Å². The Labute approximate surface area is 53.2 Å². The Balaban J connectivity index is 2.31. The van der Waals surface area contributed by atoms with Gasteiger partial charge in [0.1, 0.15) is 6.04 Å². The van der Waals surface area contributed by atoms with Gasteiger partial charge < -0.3 is 5.11 Å². The second kappa shape index (κ2) is 2.80. The summed E-state index contributed by atoms with van der Waals surface area (Å²) in [7, 11) is 0. The molecule has 51 valence electrons. The van der Waals surface area contributed by atoms with Crippen LogP contribution in [-0.4, -0.2) is 23.7 Å². The maximum atomic E-state index is 10.2. The second-order valence-electron chi connectivity index (χ2n) is 2.03. The van der Waals surface area contributed by atoms with Gasteiger partial charge in [0.2, 0.25) is 0 Å². The van der Waals surface area contributed by atoms with Crippen molar-refractivity contribution in [3.63, 3.8) is 0 Å². The van der Waals surface area contributed by atoms with Gasteiger partial charge in [-0.05, 0) is 12.8 Å². The average Bonchev–Trinajstić information content (AvgIpc) is 1.90. The van der Waals surface area contributed by atoms with E-state index in [0.29, 0.717) is 6.42 Å². The van der Waals surface area contributed by atoms with Crippen LogP contribution in [0.15, 0.2) is 0 Å². The van der Waals surface area contributed by atoms with Crippen molar-refractivity contribution in [1.82, 2.24) is 10.9 Å². The molecule has 4 heteroatoms. The molecule has 4 nitrogen and oxygen atoms in total. The first kappa shape index (κ1) is 6.51. The highest BCUT2D eigenvalue weighted by Gasteiger charge is 2.20. The van der Waals surface area contributed by atoms with Crippen molar-refractivity contribution < 1.29 is 9.90 Å². The summed E-state index contributed by atoms with van der Waals surface area (Å²) in [6.07, 6.45) is 1.57. The quantitative estimate of drug-likeness (QED) is 0.494. The monoisotopic (exact) mass is 129 g/mol. The van der Waals surface area contributed by atoms with Crippen molar-refractivity contribution in [3.8, 4) is 0 Å². The molecular weight excluding hydrogens is 120 g/mol. The van der Waals surface area contributed by atoms with Crippen LogP contribution in [0, 0.1) is 0 Å². The van der Waals surface area contributed by atoms with Crippen molar-refractivity contribution in [1.29, 1.82) is 0 Å². The predicted octanol–water partition coefficient (Wildman–Crippen LogP) is -0.658. The minimum absolute atomic E-state index is 0.515. The normalized spacial score (nSPS) is 27.8. The van der Waals surface area contributed by atoms with Crippen LogP contribution < -0.4 is 10.9 Å². The Morgan fingerprint density at radius 3 is 2.89 bits per heavy atom. The molecule has 1 atom stereocenters. The molecule has 1 saturated heterocycles. The van der Waals surface area contributed by atoms with E-state index in [0.717, 1.165) is 13.0 Å². The van der Waals surface area contributed by atoms with Crippen LogP contribution in [0.5, 0.6) is 0 Å². The molecule has 0 aromatic rings. The molecule has 0 amide bonds. The van der Waals surface area contributed by atoms with Crippen LogP contribution in [0.3, 0.4) is 0 Å². The van der Waals surface area contributed by atoms with Gasteiger partial charge in [-0.1, -0.05) is 0 Å². The zero-order valence-corrected chi connectivity index (χ0v) is 5.00. The predicted molar refractivity (Wildman–Crippen MR) is 30.8 cm³/mol. The van der Waals surface area contributed by atoms with E-state index in [1.165, 1.54) is 0 Å². The molecule has 1 heterocycles. The zero-order chi connectivity index (χ0) is 6.69. The lowest BCUT2D eigenvalue weighted by Gasteiger charge is -2.17. The van der Waals surface area contributed by atoms with Gasteiger partial charge in [0, 0.05) is 6.54 Å². The minimum atomic E-state index is -0.831. The molecule has 1 aliphatic rings. The standard InChI is InChI=1S/C5H9N2O2/c8-5(9)4-2-1-3-6-7-4/h4,6H,1-3H2,(H,8,9). The Hall–Kier alpha value is -0.610. The first-order chi connectivity index (χ1) is 4.30. The number of nitrogens with zero attached hydrogens (tertiary/aromatic N) is 1. The minimum Gasteiger partial charge on any atom is -0.480 e. The van der Waals surface area contributed by atoms with E-state index in [-0.39, 0.29) is 0 Å². The summed E-state index contributed by atoms with van der Waals surface area (Å²) >= 11 is 0. The summed E-state index contributed by atoms with van der Waals surface area (Å²) in [4.78, 5) is 10.2. The Kier molecular flexibility index (Phi) is 2.02. The first-order valence-electron chi connectivity index (χ1n) is 2.96. The third-order valence-electron chi connectivity index (χ3n) is 1.30. The van der Waals surface area contributed by atoms with Crippen LogP contribution in [0.2, 0.25) is 0 Å². The highest BCUT2D eigenvalue weighted by molar-refractivity contribution is 5.73. The van der Waals surface area contributed by atoms with Crippen LogP contribution in [0.25, 0.3) is 0 Å². The van der Waals surface area contributed by atoms with E-state index < -0.39 is 12.0 Å². The van der Waals surface area contributed by atoms with Gasteiger partial charge in [0.05, 0.1) is 0 Å². The average molecular weight is 129 g/mol. The lowest BCUT2D eigenvalue weighted by molar-refractivity contribution is -0.140. The third-order valence-corrected chi connectivity index (χ3v) is 1.30. The van der Waals surface area contributed by atoms with Crippen LogP contribution in [0.1, 0.15) is 12.8 Å². The molecule has 9 heavy (non-hydrogen) atoms. The largest absolute Gasteiger partial charge is 0.480 e. The maximum Gasteiger partial charge on any atom is 0.323 e. The highest BCUT2D eigenvalue weighted by atomic mass is 16.4. The van der Waals surface area contributed by atoms with Gasteiger partial charge in [-0.15, -0.1) is 5.43 Å². The van der Waals surface area contributed by atoms with Crippen molar-refractivity contribution in [2.24, 2.45) is 0 Å². The van der Waals surface area contributed by atoms with Crippen LogP contribution in [-0.2, 0) is 4.79 Å². The summed E-state index contributed by atoms with van der Waals surface area (Å²) in [6, 6.07) is -0.515. The van der Waals surface area contributed by atoms with E-state index in [2.05, 4.69) is 10.9 Å². The van der Waals surface area contributed by atoms with Crippen molar-refractivity contribution in [3.05, 3.63) is 0 Å². The second-order valence-corrected chi connectivity index (χ2v) is 2.03. The molecule has 1 fully saturated rings. The Bertz CT molecular complexity index is 110. The molecule has 0 aromatic heterocycles. The van der Waals surface area contributed by atoms with E-state index in [1.807, 2.05) is 0 Å². The van der Waals surface area contributed by atoms with Gasteiger partial charge in [-0.3, -0.25) is 4.79 Å². The summed E-state index contributed by atoms with van der Waals surface area (Å²) in [6.45, 7) is 0.809. The summed E-state index contributed by atoms with van der Waals surface area (Å²) in [5, 5.41) is 8.40. The summed E-state index contributed by atoms with van der Waals surface area (Å²) in [5.74, 6) is -0.831. The maximum absolute atomic E-state index is 10.2. The fraction of sp³-hybridized carbons (Fsp3) is 0.800. The number of rotatable bonds is 1. The molecule has 1 aliphatic heterocycles. The zero-order valence-electron chi connectivity index (χ0n) is 5.00. The highest BCUT2D eigenvalue weighted by Crippen LogP contribution is 2.00. The molecule has 2 N–H and O–H groups in total. The van der Waals surface area contributed by atoms with Gasteiger partial charge in [-0.2, -0.15) is 0 Å². The van der Waals surface area contributed by atoms with Crippen LogP contribution in [0.4, 0.5) is 0 Å².